The van der Waals surface area contributed by atoms with Gasteiger partial charge in [0.25, 0.3) is 0 Å². The van der Waals surface area contributed by atoms with E-state index in [-0.39, 0.29) is 11.7 Å². The van der Waals surface area contributed by atoms with Gasteiger partial charge in [0.05, 0.1) is 12.2 Å². The van der Waals surface area contributed by atoms with Crippen LogP contribution in [0.25, 0.3) is 0 Å². The van der Waals surface area contributed by atoms with E-state index in [9.17, 15) is 13.2 Å². The molecule has 0 spiro atoms. The van der Waals surface area contributed by atoms with Gasteiger partial charge in [0, 0.05) is 11.7 Å². The van der Waals surface area contributed by atoms with E-state index >= 15 is 0 Å². The maximum absolute atomic E-state index is 11.8. The van der Waals surface area contributed by atoms with Gasteiger partial charge in [0.2, 0.25) is 15.9 Å². The van der Waals surface area contributed by atoms with Crippen molar-refractivity contribution >= 4 is 21.6 Å². The summed E-state index contributed by atoms with van der Waals surface area (Å²) in [4.78, 5) is 11.7. The molecular weight excluding hydrogens is 288 g/mol. The molecule has 0 atom stereocenters. The molecule has 2 rings (SSSR count). The van der Waals surface area contributed by atoms with Crippen LogP contribution in [0.3, 0.4) is 0 Å². The molecule has 0 aliphatic heterocycles. The Balaban J connectivity index is 1.87. The molecule has 5 nitrogen and oxygen atoms in total. The van der Waals surface area contributed by atoms with Crippen molar-refractivity contribution < 1.29 is 13.2 Å². The lowest BCUT2D eigenvalue weighted by molar-refractivity contribution is -0.120. The third-order valence-electron chi connectivity index (χ3n) is 3.30. The van der Waals surface area contributed by atoms with Crippen LogP contribution in [0.15, 0.2) is 24.3 Å². The summed E-state index contributed by atoms with van der Waals surface area (Å²) < 4.78 is 26.1. The highest BCUT2D eigenvalue weighted by Gasteiger charge is 2.23. The van der Waals surface area contributed by atoms with E-state index in [0.717, 1.165) is 24.8 Å². The van der Waals surface area contributed by atoms with Crippen molar-refractivity contribution in [3.05, 3.63) is 29.8 Å². The van der Waals surface area contributed by atoms with Crippen molar-refractivity contribution in [2.45, 2.75) is 45.1 Å². The monoisotopic (exact) mass is 310 g/mol. The van der Waals surface area contributed by atoms with Gasteiger partial charge in [0.15, 0.2) is 0 Å². The van der Waals surface area contributed by atoms with Crippen LogP contribution in [0, 0.1) is 0 Å². The first kappa shape index (κ1) is 15.8. The van der Waals surface area contributed by atoms with Gasteiger partial charge >= 0.3 is 0 Å². The predicted molar refractivity (Wildman–Crippen MR) is 83.6 cm³/mol. The molecule has 0 radical (unpaired) electrons. The average Bonchev–Trinajstić information content (AvgIpc) is 3.22. The van der Waals surface area contributed by atoms with E-state index < -0.39 is 10.0 Å². The molecule has 1 fully saturated rings. The second-order valence-corrected chi connectivity index (χ2v) is 7.33. The normalized spacial score (nSPS) is 14.7. The molecule has 1 aromatic carbocycles. The molecule has 2 N–H and O–H groups in total. The zero-order valence-corrected chi connectivity index (χ0v) is 13.1. The molecule has 0 saturated heterocycles. The fourth-order valence-corrected chi connectivity index (χ4v) is 3.21. The van der Waals surface area contributed by atoms with E-state index in [1.165, 1.54) is 0 Å². The first-order chi connectivity index (χ1) is 9.98. The number of amides is 1. The maximum Gasteiger partial charge on any atom is 0.232 e. The first-order valence-corrected chi connectivity index (χ1v) is 9.02. The Morgan fingerprint density at radius 1 is 1.24 bits per heavy atom. The molecule has 1 aliphatic rings. The van der Waals surface area contributed by atoms with Gasteiger partial charge < -0.3 is 5.32 Å². The number of anilines is 1. The second kappa shape index (κ2) is 6.93. The number of carbonyl (C=O) groups excluding carboxylic acids is 1. The quantitative estimate of drug-likeness (QED) is 0.771. The van der Waals surface area contributed by atoms with Gasteiger partial charge in [0.1, 0.15) is 0 Å². The number of unbranched alkanes of at least 4 members (excludes halogenated alkanes) is 1. The molecule has 1 aliphatic carbocycles. The second-order valence-electron chi connectivity index (χ2n) is 5.49. The molecule has 116 valence electrons. The minimum Gasteiger partial charge on any atom is -0.353 e. The first-order valence-electron chi connectivity index (χ1n) is 7.37. The fraction of sp³-hybridized carbons (Fsp3) is 0.533. The van der Waals surface area contributed by atoms with Crippen molar-refractivity contribution in [3.63, 3.8) is 0 Å². The summed E-state index contributed by atoms with van der Waals surface area (Å²) in [6.07, 6.45) is 3.97. The Hall–Kier alpha value is -1.56. The van der Waals surface area contributed by atoms with E-state index in [4.69, 9.17) is 0 Å². The number of hydrogen-bond donors (Lipinski definition) is 2. The van der Waals surface area contributed by atoms with Crippen LogP contribution in [-0.2, 0) is 21.2 Å². The van der Waals surface area contributed by atoms with Crippen molar-refractivity contribution in [3.8, 4) is 0 Å². The number of benzene rings is 1. The minimum atomic E-state index is -3.27. The van der Waals surface area contributed by atoms with Gasteiger partial charge in [-0.3, -0.25) is 9.52 Å². The van der Waals surface area contributed by atoms with Gasteiger partial charge in [-0.2, -0.15) is 0 Å². The van der Waals surface area contributed by atoms with Gasteiger partial charge in [-0.25, -0.2) is 8.42 Å². The number of rotatable bonds is 8. The summed E-state index contributed by atoms with van der Waals surface area (Å²) in [6.45, 7) is 1.96. The molecule has 6 heteroatoms. The van der Waals surface area contributed by atoms with E-state index in [0.29, 0.717) is 24.6 Å². The standard InChI is InChI=1S/C15H22N2O3S/c1-2-3-10-21(19,20)17-14-6-4-12(5-7-14)11-15(18)16-13-8-9-13/h4-7,13,17H,2-3,8-11H2,1H3,(H,16,18). The van der Waals surface area contributed by atoms with E-state index in [1.54, 1.807) is 24.3 Å². The highest BCUT2D eigenvalue weighted by Crippen LogP contribution is 2.19. The Morgan fingerprint density at radius 2 is 1.90 bits per heavy atom. The Morgan fingerprint density at radius 3 is 2.48 bits per heavy atom. The highest BCUT2D eigenvalue weighted by atomic mass is 32.2. The molecule has 0 unspecified atom stereocenters. The summed E-state index contributed by atoms with van der Waals surface area (Å²) in [7, 11) is -3.27. The smallest absolute Gasteiger partial charge is 0.232 e. The van der Waals surface area contributed by atoms with E-state index in [1.807, 2.05) is 6.92 Å². The minimum absolute atomic E-state index is 0.0220. The van der Waals surface area contributed by atoms with Crippen LogP contribution in [0.5, 0.6) is 0 Å². The summed E-state index contributed by atoms with van der Waals surface area (Å²) >= 11 is 0. The van der Waals surface area contributed by atoms with Gasteiger partial charge in [-0.05, 0) is 37.0 Å². The van der Waals surface area contributed by atoms with Crippen molar-refractivity contribution in [1.29, 1.82) is 0 Å². The molecule has 0 bridgehead atoms. The lowest BCUT2D eigenvalue weighted by Gasteiger charge is -2.08. The van der Waals surface area contributed by atoms with Crippen LogP contribution in [0.2, 0.25) is 0 Å². The molecular formula is C15H22N2O3S. The fourth-order valence-electron chi connectivity index (χ4n) is 1.95. The number of hydrogen-bond acceptors (Lipinski definition) is 3. The Labute approximate surface area is 126 Å². The largest absolute Gasteiger partial charge is 0.353 e. The third-order valence-corrected chi connectivity index (χ3v) is 4.67. The van der Waals surface area contributed by atoms with Crippen LogP contribution in [0.4, 0.5) is 5.69 Å². The van der Waals surface area contributed by atoms with E-state index in [2.05, 4.69) is 10.0 Å². The van der Waals surface area contributed by atoms with Crippen LogP contribution >= 0.6 is 0 Å². The SMILES string of the molecule is CCCCS(=O)(=O)Nc1ccc(CC(=O)NC2CC2)cc1. The topological polar surface area (TPSA) is 75.3 Å². The van der Waals surface area contributed by atoms with Gasteiger partial charge in [-0.1, -0.05) is 25.5 Å². The molecule has 1 amide bonds. The lowest BCUT2D eigenvalue weighted by Crippen LogP contribution is -2.26. The Kier molecular flexibility index (Phi) is 5.22. The summed E-state index contributed by atoms with van der Waals surface area (Å²) in [6, 6.07) is 7.32. The van der Waals surface area contributed by atoms with Crippen LogP contribution in [-0.4, -0.2) is 26.1 Å². The van der Waals surface area contributed by atoms with Crippen LogP contribution in [0.1, 0.15) is 38.2 Å². The average molecular weight is 310 g/mol. The third kappa shape index (κ3) is 5.75. The number of nitrogens with one attached hydrogen (secondary N) is 2. The zero-order chi connectivity index (χ0) is 15.3. The van der Waals surface area contributed by atoms with Crippen LogP contribution < -0.4 is 10.0 Å². The highest BCUT2D eigenvalue weighted by molar-refractivity contribution is 7.92. The Bertz CT molecular complexity index is 577. The molecule has 1 saturated carbocycles. The molecule has 1 aromatic rings. The summed E-state index contributed by atoms with van der Waals surface area (Å²) in [5, 5.41) is 2.93. The zero-order valence-electron chi connectivity index (χ0n) is 12.3. The number of sulfonamides is 1. The molecule has 0 heterocycles. The maximum atomic E-state index is 11.8. The summed E-state index contributed by atoms with van der Waals surface area (Å²) in [5.74, 6) is 0.156. The van der Waals surface area contributed by atoms with Crippen molar-refractivity contribution in [2.75, 3.05) is 10.5 Å². The van der Waals surface area contributed by atoms with Crippen molar-refractivity contribution in [2.24, 2.45) is 0 Å². The number of carbonyl (C=O) groups is 1. The molecule has 0 aromatic heterocycles. The molecule has 21 heavy (non-hydrogen) atoms. The summed E-state index contributed by atoms with van der Waals surface area (Å²) in [5.41, 5.74) is 1.42. The van der Waals surface area contributed by atoms with Gasteiger partial charge in [-0.15, -0.1) is 0 Å². The lowest BCUT2D eigenvalue weighted by atomic mass is 10.1. The van der Waals surface area contributed by atoms with Crippen molar-refractivity contribution in [1.82, 2.24) is 5.32 Å². The predicted octanol–water partition coefficient (Wildman–Crippen LogP) is 2.05.